The van der Waals surface area contributed by atoms with Crippen LogP contribution in [0.2, 0.25) is 0 Å². The lowest BCUT2D eigenvalue weighted by atomic mass is 10.1. The molecule has 0 atom stereocenters. The molecule has 6 nitrogen and oxygen atoms in total. The van der Waals surface area contributed by atoms with Gasteiger partial charge in [-0.25, -0.2) is 9.59 Å². The maximum atomic E-state index is 11.9. The number of imidazole rings is 1. The van der Waals surface area contributed by atoms with Crippen LogP contribution in [0.15, 0.2) is 23.0 Å². The molecule has 1 aromatic heterocycles. The van der Waals surface area contributed by atoms with Gasteiger partial charge in [0.2, 0.25) is 0 Å². The molecule has 1 aromatic carbocycles. The van der Waals surface area contributed by atoms with Crippen molar-refractivity contribution >= 4 is 17.1 Å². The lowest BCUT2D eigenvalue weighted by Crippen LogP contribution is -2.36. The van der Waals surface area contributed by atoms with Gasteiger partial charge in [-0.1, -0.05) is 13.0 Å². The Morgan fingerprint density at radius 3 is 2.48 bits per heavy atom. The number of urea groups is 1. The molecular formula is C15H22N4O2. The Balaban J connectivity index is 2.02. The molecule has 0 spiro atoms. The van der Waals surface area contributed by atoms with Crippen molar-refractivity contribution in [3.63, 3.8) is 0 Å². The van der Waals surface area contributed by atoms with Gasteiger partial charge in [-0.05, 0) is 30.5 Å². The van der Waals surface area contributed by atoms with Crippen LogP contribution in [-0.2, 0) is 20.5 Å². The van der Waals surface area contributed by atoms with Gasteiger partial charge in [-0.15, -0.1) is 0 Å². The van der Waals surface area contributed by atoms with Crippen LogP contribution in [-0.4, -0.2) is 28.3 Å². The zero-order valence-electron chi connectivity index (χ0n) is 12.8. The Morgan fingerprint density at radius 2 is 1.76 bits per heavy atom. The van der Waals surface area contributed by atoms with Gasteiger partial charge in [0.05, 0.1) is 11.0 Å². The number of nitrogens with one attached hydrogen (secondary N) is 2. The average molecular weight is 290 g/mol. The fourth-order valence-electron chi connectivity index (χ4n) is 2.33. The van der Waals surface area contributed by atoms with Gasteiger partial charge in [0.15, 0.2) is 0 Å². The molecule has 1 heterocycles. The highest BCUT2D eigenvalue weighted by atomic mass is 16.2. The van der Waals surface area contributed by atoms with Crippen LogP contribution in [0.1, 0.15) is 18.9 Å². The predicted molar refractivity (Wildman–Crippen MR) is 83.6 cm³/mol. The zero-order valence-corrected chi connectivity index (χ0v) is 12.8. The molecule has 0 unspecified atom stereocenters. The minimum atomic E-state index is -0.134. The van der Waals surface area contributed by atoms with E-state index in [0.717, 1.165) is 29.4 Å². The van der Waals surface area contributed by atoms with E-state index in [1.807, 2.05) is 25.1 Å². The van der Waals surface area contributed by atoms with Crippen LogP contribution in [0.25, 0.3) is 11.0 Å². The minimum Gasteiger partial charge on any atom is -0.338 e. The first-order valence-corrected chi connectivity index (χ1v) is 7.20. The number of carbonyl (C=O) groups excluding carboxylic acids is 1. The number of rotatable bonds is 5. The molecule has 21 heavy (non-hydrogen) atoms. The van der Waals surface area contributed by atoms with Crippen LogP contribution in [0.5, 0.6) is 0 Å². The number of fused-ring (bicyclic) bond motifs is 1. The third-order valence-electron chi connectivity index (χ3n) is 3.57. The molecule has 2 aromatic rings. The molecule has 0 fully saturated rings. The molecule has 2 rings (SSSR count). The van der Waals surface area contributed by atoms with Crippen molar-refractivity contribution in [3.8, 4) is 0 Å². The van der Waals surface area contributed by atoms with Crippen LogP contribution in [0.4, 0.5) is 4.79 Å². The molecule has 2 amide bonds. The Hall–Kier alpha value is -2.24. The second-order valence-electron chi connectivity index (χ2n) is 5.16. The van der Waals surface area contributed by atoms with Crippen molar-refractivity contribution < 1.29 is 4.79 Å². The summed E-state index contributed by atoms with van der Waals surface area (Å²) in [6.45, 7) is 3.27. The van der Waals surface area contributed by atoms with Crippen LogP contribution in [0.3, 0.4) is 0 Å². The van der Waals surface area contributed by atoms with E-state index in [2.05, 4.69) is 10.6 Å². The molecule has 0 aliphatic heterocycles. The van der Waals surface area contributed by atoms with Gasteiger partial charge in [0.25, 0.3) is 0 Å². The molecule has 114 valence electrons. The molecular weight excluding hydrogens is 268 g/mol. The third-order valence-corrected chi connectivity index (χ3v) is 3.57. The van der Waals surface area contributed by atoms with Gasteiger partial charge in [-0.2, -0.15) is 0 Å². The third kappa shape index (κ3) is 3.26. The normalized spacial score (nSPS) is 10.8. The number of aromatic nitrogens is 2. The van der Waals surface area contributed by atoms with Gasteiger partial charge in [-0.3, -0.25) is 9.13 Å². The second kappa shape index (κ2) is 6.47. The summed E-state index contributed by atoms with van der Waals surface area (Å²) in [4.78, 5) is 23.3. The first-order chi connectivity index (χ1) is 10.0. The van der Waals surface area contributed by atoms with Crippen molar-refractivity contribution in [2.45, 2.75) is 19.8 Å². The van der Waals surface area contributed by atoms with Crippen molar-refractivity contribution in [1.29, 1.82) is 0 Å². The first kappa shape index (κ1) is 15.2. The monoisotopic (exact) mass is 290 g/mol. The van der Waals surface area contributed by atoms with E-state index in [1.165, 1.54) is 0 Å². The first-order valence-electron chi connectivity index (χ1n) is 7.20. The number of amides is 2. The highest BCUT2D eigenvalue weighted by Crippen LogP contribution is 2.14. The number of nitrogens with zero attached hydrogens (tertiary/aromatic N) is 2. The highest BCUT2D eigenvalue weighted by molar-refractivity contribution is 5.77. The van der Waals surface area contributed by atoms with E-state index in [0.29, 0.717) is 13.1 Å². The van der Waals surface area contributed by atoms with E-state index >= 15 is 0 Å². The number of hydrogen-bond acceptors (Lipinski definition) is 2. The maximum Gasteiger partial charge on any atom is 0.328 e. The quantitative estimate of drug-likeness (QED) is 0.866. The number of benzene rings is 1. The summed E-state index contributed by atoms with van der Waals surface area (Å²) >= 11 is 0. The standard InChI is InChI=1S/C15H22N4O2/c1-4-8-16-14(20)17-9-7-11-5-6-12-13(10-11)19(3)15(21)18(12)2/h5-6,10H,4,7-9H2,1-3H3,(H2,16,17,20). The molecule has 6 heteroatoms. The van der Waals surface area contributed by atoms with Crippen molar-refractivity contribution in [2.75, 3.05) is 13.1 Å². The van der Waals surface area contributed by atoms with Crippen molar-refractivity contribution in [3.05, 3.63) is 34.2 Å². The van der Waals surface area contributed by atoms with E-state index in [9.17, 15) is 9.59 Å². The molecule has 0 aliphatic rings. The number of hydrogen-bond donors (Lipinski definition) is 2. The zero-order chi connectivity index (χ0) is 15.4. The Kier molecular flexibility index (Phi) is 4.67. The lowest BCUT2D eigenvalue weighted by Gasteiger charge is -2.07. The molecule has 0 saturated heterocycles. The largest absolute Gasteiger partial charge is 0.338 e. The fraction of sp³-hybridized carbons (Fsp3) is 0.467. The van der Waals surface area contributed by atoms with Crippen molar-refractivity contribution in [2.24, 2.45) is 14.1 Å². The summed E-state index contributed by atoms with van der Waals surface area (Å²) in [6.07, 6.45) is 1.66. The average Bonchev–Trinajstić information content (AvgIpc) is 2.70. The summed E-state index contributed by atoms with van der Waals surface area (Å²) in [5, 5.41) is 5.59. The molecule has 2 N–H and O–H groups in total. The number of carbonyl (C=O) groups is 1. The summed E-state index contributed by atoms with van der Waals surface area (Å²) in [5.74, 6) is 0. The van der Waals surface area contributed by atoms with E-state index < -0.39 is 0 Å². The fourth-order valence-corrected chi connectivity index (χ4v) is 2.33. The second-order valence-corrected chi connectivity index (χ2v) is 5.16. The highest BCUT2D eigenvalue weighted by Gasteiger charge is 2.08. The molecule has 0 saturated carbocycles. The number of aryl methyl sites for hydroxylation is 2. The smallest absolute Gasteiger partial charge is 0.328 e. The lowest BCUT2D eigenvalue weighted by molar-refractivity contribution is 0.241. The van der Waals surface area contributed by atoms with Gasteiger partial charge in [0.1, 0.15) is 0 Å². The summed E-state index contributed by atoms with van der Waals surface area (Å²) in [5.41, 5.74) is 2.90. The topological polar surface area (TPSA) is 68.1 Å². The van der Waals surface area contributed by atoms with Gasteiger partial charge < -0.3 is 10.6 Å². The summed E-state index contributed by atoms with van der Waals surface area (Å²) in [6, 6.07) is 5.81. The predicted octanol–water partition coefficient (Wildman–Crippen LogP) is 1.13. The van der Waals surface area contributed by atoms with Gasteiger partial charge >= 0.3 is 11.7 Å². The van der Waals surface area contributed by atoms with Crippen LogP contribution >= 0.6 is 0 Å². The summed E-state index contributed by atoms with van der Waals surface area (Å²) in [7, 11) is 3.54. The molecule has 0 radical (unpaired) electrons. The van der Waals surface area contributed by atoms with E-state index in [1.54, 1.807) is 23.2 Å². The maximum absolute atomic E-state index is 11.9. The molecule has 0 aliphatic carbocycles. The Bertz CT molecular complexity index is 699. The van der Waals surface area contributed by atoms with Crippen LogP contribution in [0, 0.1) is 0 Å². The Morgan fingerprint density at radius 1 is 1.10 bits per heavy atom. The summed E-state index contributed by atoms with van der Waals surface area (Å²) < 4.78 is 3.27. The van der Waals surface area contributed by atoms with E-state index in [-0.39, 0.29) is 11.7 Å². The van der Waals surface area contributed by atoms with Crippen LogP contribution < -0.4 is 16.3 Å². The van der Waals surface area contributed by atoms with Crippen molar-refractivity contribution in [1.82, 2.24) is 19.8 Å². The van der Waals surface area contributed by atoms with Gasteiger partial charge in [0, 0.05) is 27.2 Å². The SMILES string of the molecule is CCCNC(=O)NCCc1ccc2c(c1)n(C)c(=O)n2C. The van der Waals surface area contributed by atoms with E-state index in [4.69, 9.17) is 0 Å². The Labute approximate surface area is 123 Å². The molecule has 0 bridgehead atoms. The minimum absolute atomic E-state index is 0.0285.